The van der Waals surface area contributed by atoms with E-state index in [4.69, 9.17) is 19.7 Å². The van der Waals surface area contributed by atoms with Crippen LogP contribution in [0.4, 0.5) is 0 Å². The van der Waals surface area contributed by atoms with Gasteiger partial charge in [0.25, 0.3) is 0 Å². The summed E-state index contributed by atoms with van der Waals surface area (Å²) < 4.78 is 9.81. The summed E-state index contributed by atoms with van der Waals surface area (Å²) in [5, 5.41) is 16.5. The molecule has 0 unspecified atom stereocenters. The second kappa shape index (κ2) is 12.0. The summed E-state index contributed by atoms with van der Waals surface area (Å²) >= 11 is 0. The highest BCUT2D eigenvalue weighted by atomic mass is 16.6. The maximum Gasteiger partial charge on any atom is 0.151 e. The maximum atomic E-state index is 9.81. The number of ether oxygens (including phenoxy) is 2. The van der Waals surface area contributed by atoms with Crippen molar-refractivity contribution >= 4 is 6.29 Å². The van der Waals surface area contributed by atoms with E-state index in [0.29, 0.717) is 6.10 Å². The molecule has 4 atom stereocenters. The van der Waals surface area contributed by atoms with Crippen LogP contribution in [0.3, 0.4) is 0 Å². The summed E-state index contributed by atoms with van der Waals surface area (Å²) in [6, 6.07) is 0. The van der Waals surface area contributed by atoms with Crippen LogP contribution in [-0.2, 0) is 14.3 Å². The fourth-order valence-electron chi connectivity index (χ4n) is 1.54. The lowest BCUT2D eigenvalue weighted by Crippen LogP contribution is -1.96. The van der Waals surface area contributed by atoms with Gasteiger partial charge in [-0.2, -0.15) is 0 Å². The Labute approximate surface area is 121 Å². The van der Waals surface area contributed by atoms with Gasteiger partial charge in [0.15, 0.2) is 6.29 Å². The molecule has 5 heteroatoms. The van der Waals surface area contributed by atoms with Gasteiger partial charge in [-0.15, -0.1) is 0 Å². The molecule has 2 aliphatic rings. The Morgan fingerprint density at radius 1 is 0.950 bits per heavy atom. The molecule has 5 nitrogen and oxygen atoms in total. The van der Waals surface area contributed by atoms with Gasteiger partial charge in [-0.1, -0.05) is 32.9 Å². The second-order valence-electron chi connectivity index (χ2n) is 4.55. The van der Waals surface area contributed by atoms with Crippen molar-refractivity contribution in [3.63, 3.8) is 0 Å². The Bertz CT molecular complexity index is 253. The molecule has 2 fully saturated rings. The maximum absolute atomic E-state index is 9.81. The van der Waals surface area contributed by atoms with Crippen LogP contribution in [0.1, 0.15) is 40.0 Å². The van der Waals surface area contributed by atoms with Gasteiger partial charge in [0.2, 0.25) is 0 Å². The highest BCUT2D eigenvalue weighted by Crippen LogP contribution is 2.23. The van der Waals surface area contributed by atoms with Crippen molar-refractivity contribution in [1.29, 1.82) is 0 Å². The Hall–Kier alpha value is -0.750. The van der Waals surface area contributed by atoms with Crippen molar-refractivity contribution in [2.75, 3.05) is 13.2 Å². The number of hydrogen-bond donors (Lipinski definition) is 2. The summed E-state index contributed by atoms with van der Waals surface area (Å²) in [4.78, 5) is 9.81. The minimum Gasteiger partial charge on any atom is -0.394 e. The number of rotatable bonds is 6. The first kappa shape index (κ1) is 19.2. The highest BCUT2D eigenvalue weighted by Gasteiger charge is 2.36. The average Bonchev–Trinajstić information content (AvgIpc) is 3.39. The molecule has 2 aliphatic heterocycles. The van der Waals surface area contributed by atoms with Gasteiger partial charge >= 0.3 is 0 Å². The fraction of sp³-hybridized carbons (Fsp3) is 0.800. The van der Waals surface area contributed by atoms with E-state index in [1.807, 2.05) is 19.9 Å². The molecule has 0 radical (unpaired) electrons. The normalized spacial score (nSPS) is 29.9. The van der Waals surface area contributed by atoms with Gasteiger partial charge in [0.05, 0.1) is 25.4 Å². The summed E-state index contributed by atoms with van der Waals surface area (Å²) in [7, 11) is 0. The van der Waals surface area contributed by atoms with Crippen molar-refractivity contribution in [2.45, 2.75) is 64.4 Å². The van der Waals surface area contributed by atoms with Gasteiger partial charge in [-0.25, -0.2) is 0 Å². The van der Waals surface area contributed by atoms with Crippen molar-refractivity contribution in [2.24, 2.45) is 0 Å². The minimum absolute atomic E-state index is 0.0648. The molecular weight excluding hydrogens is 260 g/mol. The Kier molecular flexibility index (Phi) is 11.6. The molecule has 2 saturated heterocycles. The Balaban J connectivity index is 0.000000272. The highest BCUT2D eigenvalue weighted by molar-refractivity contribution is 5.60. The number of hydrogen-bond acceptors (Lipinski definition) is 5. The largest absolute Gasteiger partial charge is 0.394 e. The van der Waals surface area contributed by atoms with Crippen molar-refractivity contribution in [3.8, 4) is 0 Å². The summed E-state index contributed by atoms with van der Waals surface area (Å²) in [6.45, 7) is 6.47. The molecule has 0 aromatic rings. The Morgan fingerprint density at radius 3 is 1.75 bits per heavy atom. The minimum atomic E-state index is -0.0648. The van der Waals surface area contributed by atoms with E-state index in [-0.39, 0.29) is 31.5 Å². The van der Waals surface area contributed by atoms with Gasteiger partial charge in [-0.05, 0) is 19.3 Å². The van der Waals surface area contributed by atoms with E-state index < -0.39 is 0 Å². The third-order valence-corrected chi connectivity index (χ3v) is 2.94. The molecule has 118 valence electrons. The van der Waals surface area contributed by atoms with Crippen molar-refractivity contribution in [1.82, 2.24) is 0 Å². The van der Waals surface area contributed by atoms with Gasteiger partial charge in [0.1, 0.15) is 12.2 Å². The molecule has 0 saturated carbocycles. The fourth-order valence-corrected chi connectivity index (χ4v) is 1.54. The van der Waals surface area contributed by atoms with Crippen LogP contribution in [-0.4, -0.2) is 54.1 Å². The van der Waals surface area contributed by atoms with E-state index in [1.165, 1.54) is 0 Å². The standard InChI is InChI=1S/C5H10O2.C5H8O2.C5H10O/c2*1-2-4-5(3-6)7-4;1-2-3-4-5-6/h4-6H,2-3H2,1H3;3-5H,2H2,1H3;3-4,6H,2,5H2,1H3/b;;4-3-/t2*4-,5+;/m11./s1. The zero-order valence-electron chi connectivity index (χ0n) is 12.7. The van der Waals surface area contributed by atoms with Crippen LogP contribution >= 0.6 is 0 Å². The molecule has 0 bridgehead atoms. The smallest absolute Gasteiger partial charge is 0.151 e. The lowest BCUT2D eigenvalue weighted by molar-refractivity contribution is -0.108. The van der Waals surface area contributed by atoms with E-state index in [0.717, 1.165) is 25.5 Å². The van der Waals surface area contributed by atoms with E-state index in [9.17, 15) is 4.79 Å². The third kappa shape index (κ3) is 9.20. The molecule has 2 heterocycles. The van der Waals surface area contributed by atoms with Gasteiger partial charge in [0, 0.05) is 0 Å². The summed E-state index contributed by atoms with van der Waals surface area (Å²) in [5.41, 5.74) is 0. The first-order chi connectivity index (χ1) is 9.68. The quantitative estimate of drug-likeness (QED) is 0.439. The molecule has 0 aliphatic carbocycles. The van der Waals surface area contributed by atoms with Crippen LogP contribution in [0.5, 0.6) is 0 Å². The molecule has 20 heavy (non-hydrogen) atoms. The number of aliphatic hydroxyl groups is 2. The number of aldehydes is 1. The van der Waals surface area contributed by atoms with Gasteiger partial charge in [-0.3, -0.25) is 0 Å². The molecular formula is C15H28O5. The molecule has 0 amide bonds. The van der Waals surface area contributed by atoms with Crippen molar-refractivity contribution in [3.05, 3.63) is 12.2 Å². The van der Waals surface area contributed by atoms with Crippen LogP contribution in [0.25, 0.3) is 0 Å². The SMILES string of the molecule is CC/C=C\CO.CC[C@H]1O[C@H]1C=O.CC[C@H]1O[C@H]1CO. The predicted molar refractivity (Wildman–Crippen MR) is 77.6 cm³/mol. The summed E-state index contributed by atoms with van der Waals surface area (Å²) in [5.74, 6) is 0. The number of carbonyl (C=O) groups excluding carboxylic acids is 1. The lowest BCUT2D eigenvalue weighted by Gasteiger charge is -1.78. The lowest BCUT2D eigenvalue weighted by atomic mass is 10.3. The number of epoxide rings is 2. The molecule has 2 rings (SSSR count). The number of aliphatic hydroxyl groups excluding tert-OH is 2. The number of carbonyl (C=O) groups is 1. The molecule has 0 aromatic heterocycles. The third-order valence-electron chi connectivity index (χ3n) is 2.94. The second-order valence-corrected chi connectivity index (χ2v) is 4.55. The van der Waals surface area contributed by atoms with Crippen LogP contribution in [0.2, 0.25) is 0 Å². The van der Waals surface area contributed by atoms with Gasteiger partial charge < -0.3 is 24.5 Å². The first-order valence-electron chi connectivity index (χ1n) is 7.31. The molecule has 0 aromatic carbocycles. The van der Waals surface area contributed by atoms with Crippen LogP contribution in [0.15, 0.2) is 12.2 Å². The molecule has 2 N–H and O–H groups in total. The topological polar surface area (TPSA) is 82.6 Å². The molecule has 0 spiro atoms. The van der Waals surface area contributed by atoms with Crippen molar-refractivity contribution < 1.29 is 24.5 Å². The average molecular weight is 288 g/mol. The predicted octanol–water partition coefficient (Wildman–Crippen LogP) is 1.46. The zero-order chi connectivity index (χ0) is 15.4. The summed E-state index contributed by atoms with van der Waals surface area (Å²) in [6.07, 6.45) is 8.25. The van der Waals surface area contributed by atoms with E-state index in [2.05, 4.69) is 6.92 Å². The van der Waals surface area contributed by atoms with Crippen LogP contribution < -0.4 is 0 Å². The van der Waals surface area contributed by atoms with E-state index in [1.54, 1.807) is 6.08 Å². The van der Waals surface area contributed by atoms with Crippen LogP contribution in [0, 0.1) is 0 Å². The number of allylic oxidation sites excluding steroid dienone is 1. The Morgan fingerprint density at radius 2 is 1.60 bits per heavy atom. The zero-order valence-corrected chi connectivity index (χ0v) is 12.7. The first-order valence-corrected chi connectivity index (χ1v) is 7.31. The van der Waals surface area contributed by atoms with E-state index >= 15 is 0 Å². The monoisotopic (exact) mass is 288 g/mol.